The molecule has 2 aromatic rings. The molecule has 90 valence electrons. The Kier molecular flexibility index (Phi) is 3.18. The van der Waals surface area contributed by atoms with Crippen LogP contribution in [0.1, 0.15) is 27.9 Å². The van der Waals surface area contributed by atoms with E-state index in [1.165, 1.54) is 22.3 Å². The van der Waals surface area contributed by atoms with Crippen LogP contribution in [0.5, 0.6) is 0 Å². The first-order valence-electron chi connectivity index (χ1n) is 5.79. The Morgan fingerprint density at radius 2 is 1.82 bits per heavy atom. The fraction of sp³-hybridized carbons (Fsp3) is 0.357. The number of anilines is 1. The van der Waals surface area contributed by atoms with Gasteiger partial charge in [0.1, 0.15) is 6.26 Å². The van der Waals surface area contributed by atoms with Crippen LogP contribution in [0.25, 0.3) is 0 Å². The van der Waals surface area contributed by atoms with Gasteiger partial charge in [-0.15, -0.1) is 0 Å². The van der Waals surface area contributed by atoms with Crippen molar-refractivity contribution in [3.8, 4) is 0 Å². The first-order valence-corrected chi connectivity index (χ1v) is 5.79. The van der Waals surface area contributed by atoms with E-state index in [1.54, 1.807) is 13.3 Å². The zero-order chi connectivity index (χ0) is 12.4. The summed E-state index contributed by atoms with van der Waals surface area (Å²) in [4.78, 5) is 4.35. The molecule has 17 heavy (non-hydrogen) atoms. The van der Waals surface area contributed by atoms with Crippen LogP contribution in [-0.4, -0.2) is 12.0 Å². The lowest BCUT2D eigenvalue weighted by Crippen LogP contribution is -1.97. The van der Waals surface area contributed by atoms with Crippen molar-refractivity contribution < 1.29 is 4.42 Å². The molecule has 3 heteroatoms. The maximum atomic E-state index is 5.27. The largest absolute Gasteiger partial charge is 0.432 e. The van der Waals surface area contributed by atoms with Crippen molar-refractivity contribution in [3.05, 3.63) is 46.3 Å². The first-order chi connectivity index (χ1) is 8.10. The number of aryl methyl sites for hydroxylation is 3. The van der Waals surface area contributed by atoms with Crippen molar-refractivity contribution in [2.75, 3.05) is 12.4 Å². The lowest BCUT2D eigenvalue weighted by Gasteiger charge is -2.09. The Hall–Kier alpha value is -1.77. The van der Waals surface area contributed by atoms with E-state index in [1.807, 2.05) is 0 Å². The second-order valence-electron chi connectivity index (χ2n) is 4.45. The third-order valence-electron chi connectivity index (χ3n) is 2.96. The smallest absolute Gasteiger partial charge is 0.294 e. The van der Waals surface area contributed by atoms with Gasteiger partial charge in [-0.3, -0.25) is 0 Å². The summed E-state index contributed by atoms with van der Waals surface area (Å²) < 4.78 is 5.27. The molecule has 1 aromatic heterocycles. The monoisotopic (exact) mass is 230 g/mol. The molecule has 0 unspecified atom stereocenters. The van der Waals surface area contributed by atoms with E-state index in [9.17, 15) is 0 Å². The molecular formula is C14H18N2O. The molecule has 1 heterocycles. The van der Waals surface area contributed by atoms with Crippen molar-refractivity contribution in [1.82, 2.24) is 4.98 Å². The summed E-state index contributed by atoms with van der Waals surface area (Å²) in [6.07, 6.45) is 2.54. The third kappa shape index (κ3) is 2.49. The van der Waals surface area contributed by atoms with Crippen LogP contribution >= 0.6 is 0 Å². The molecule has 0 bridgehead atoms. The Bertz CT molecular complexity index is 506. The van der Waals surface area contributed by atoms with E-state index in [0.717, 1.165) is 12.1 Å². The lowest BCUT2D eigenvalue weighted by atomic mass is 9.96. The molecular weight excluding hydrogens is 212 g/mol. The quantitative estimate of drug-likeness (QED) is 0.879. The van der Waals surface area contributed by atoms with Gasteiger partial charge >= 0.3 is 0 Å². The standard InChI is InChI=1S/C14H18N2O/c1-9-5-10(2)13(11(3)6-9)7-12-8-17-14(15-4)16-12/h5-6,8H,7H2,1-4H3,(H,15,16). The molecule has 0 saturated heterocycles. The zero-order valence-electron chi connectivity index (χ0n) is 10.8. The van der Waals surface area contributed by atoms with Crippen LogP contribution in [0, 0.1) is 20.8 Å². The third-order valence-corrected chi connectivity index (χ3v) is 2.96. The average molecular weight is 230 g/mol. The van der Waals surface area contributed by atoms with Gasteiger partial charge in [0.2, 0.25) is 0 Å². The SMILES string of the molecule is CNc1nc(Cc2c(C)cc(C)cc2C)co1. The lowest BCUT2D eigenvalue weighted by molar-refractivity contribution is 0.574. The predicted octanol–water partition coefficient (Wildman–Crippen LogP) is 3.23. The van der Waals surface area contributed by atoms with Crippen molar-refractivity contribution in [3.63, 3.8) is 0 Å². The van der Waals surface area contributed by atoms with Crippen LogP contribution in [0.3, 0.4) is 0 Å². The molecule has 0 spiro atoms. The Labute approximate surface area is 102 Å². The van der Waals surface area contributed by atoms with E-state index in [0.29, 0.717) is 6.01 Å². The second-order valence-corrected chi connectivity index (χ2v) is 4.45. The molecule has 0 amide bonds. The fourth-order valence-corrected chi connectivity index (χ4v) is 2.17. The number of nitrogens with one attached hydrogen (secondary N) is 1. The molecule has 0 saturated carbocycles. The summed E-state index contributed by atoms with van der Waals surface area (Å²) in [7, 11) is 1.80. The molecule has 0 atom stereocenters. The van der Waals surface area contributed by atoms with Crippen LogP contribution in [-0.2, 0) is 6.42 Å². The number of aromatic nitrogens is 1. The van der Waals surface area contributed by atoms with Gasteiger partial charge in [-0.2, -0.15) is 4.98 Å². The summed E-state index contributed by atoms with van der Waals surface area (Å²) >= 11 is 0. The van der Waals surface area contributed by atoms with E-state index in [4.69, 9.17) is 4.42 Å². The van der Waals surface area contributed by atoms with Crippen LogP contribution in [0.15, 0.2) is 22.8 Å². The number of nitrogens with zero attached hydrogens (tertiary/aromatic N) is 1. The van der Waals surface area contributed by atoms with Crippen molar-refractivity contribution in [2.45, 2.75) is 27.2 Å². The highest BCUT2D eigenvalue weighted by Crippen LogP contribution is 2.20. The molecule has 0 radical (unpaired) electrons. The van der Waals surface area contributed by atoms with Crippen molar-refractivity contribution in [1.29, 1.82) is 0 Å². The van der Waals surface area contributed by atoms with Crippen molar-refractivity contribution >= 4 is 6.01 Å². The fourth-order valence-electron chi connectivity index (χ4n) is 2.17. The minimum atomic E-state index is 0.572. The normalized spacial score (nSPS) is 10.6. The minimum absolute atomic E-state index is 0.572. The number of oxazole rings is 1. The molecule has 0 aliphatic rings. The van der Waals surface area contributed by atoms with Crippen molar-refractivity contribution in [2.24, 2.45) is 0 Å². The summed E-state index contributed by atoms with van der Waals surface area (Å²) in [6.45, 7) is 6.42. The van der Waals surface area contributed by atoms with Gasteiger partial charge in [0.05, 0.1) is 5.69 Å². The maximum Gasteiger partial charge on any atom is 0.294 e. The Morgan fingerprint density at radius 3 is 2.35 bits per heavy atom. The Morgan fingerprint density at radius 1 is 1.18 bits per heavy atom. The summed E-state index contributed by atoms with van der Waals surface area (Å²) in [5.74, 6) is 0. The van der Waals surface area contributed by atoms with Gasteiger partial charge in [0, 0.05) is 13.5 Å². The van der Waals surface area contributed by atoms with Gasteiger partial charge in [-0.25, -0.2) is 0 Å². The highest BCUT2D eigenvalue weighted by atomic mass is 16.4. The summed E-state index contributed by atoms with van der Waals surface area (Å²) in [5, 5.41) is 2.89. The Balaban J connectivity index is 2.29. The molecule has 0 aliphatic heterocycles. The van der Waals surface area contributed by atoms with Gasteiger partial charge < -0.3 is 9.73 Å². The molecule has 1 aromatic carbocycles. The molecule has 2 rings (SSSR count). The zero-order valence-corrected chi connectivity index (χ0v) is 10.8. The number of hydrogen-bond acceptors (Lipinski definition) is 3. The summed E-state index contributed by atoms with van der Waals surface area (Å²) in [6, 6.07) is 4.99. The van der Waals surface area contributed by atoms with E-state index < -0.39 is 0 Å². The minimum Gasteiger partial charge on any atom is -0.432 e. The van der Waals surface area contributed by atoms with E-state index >= 15 is 0 Å². The highest BCUT2D eigenvalue weighted by molar-refractivity contribution is 5.39. The predicted molar refractivity (Wildman–Crippen MR) is 69.5 cm³/mol. The molecule has 3 nitrogen and oxygen atoms in total. The summed E-state index contributed by atoms with van der Waals surface area (Å²) in [5.41, 5.74) is 6.24. The van der Waals surface area contributed by atoms with Crippen LogP contribution < -0.4 is 5.32 Å². The van der Waals surface area contributed by atoms with Crippen LogP contribution in [0.4, 0.5) is 6.01 Å². The van der Waals surface area contributed by atoms with Gasteiger partial charge in [-0.1, -0.05) is 17.7 Å². The highest BCUT2D eigenvalue weighted by Gasteiger charge is 2.08. The van der Waals surface area contributed by atoms with E-state index in [2.05, 4.69) is 43.2 Å². The second kappa shape index (κ2) is 4.62. The average Bonchev–Trinajstić information content (AvgIpc) is 2.71. The number of rotatable bonds is 3. The van der Waals surface area contributed by atoms with Crippen LogP contribution in [0.2, 0.25) is 0 Å². The first kappa shape index (κ1) is 11.7. The van der Waals surface area contributed by atoms with Gasteiger partial charge in [0.15, 0.2) is 0 Å². The maximum absolute atomic E-state index is 5.27. The molecule has 0 aliphatic carbocycles. The molecule has 0 fully saturated rings. The number of hydrogen-bond donors (Lipinski definition) is 1. The topological polar surface area (TPSA) is 38.1 Å². The molecule has 1 N–H and O–H groups in total. The van der Waals surface area contributed by atoms with Gasteiger partial charge in [0.25, 0.3) is 6.01 Å². The number of benzene rings is 1. The van der Waals surface area contributed by atoms with E-state index in [-0.39, 0.29) is 0 Å². The van der Waals surface area contributed by atoms with Gasteiger partial charge in [-0.05, 0) is 37.5 Å².